The SMILES string of the molecule is NCCN1CC2CC2C1. The Balaban J connectivity index is 1.77. The monoisotopic (exact) mass is 126 g/mol. The Morgan fingerprint density at radius 2 is 2.00 bits per heavy atom. The molecule has 1 heterocycles. The van der Waals surface area contributed by atoms with E-state index >= 15 is 0 Å². The number of likely N-dealkylation sites (tertiary alicyclic amines) is 1. The van der Waals surface area contributed by atoms with Crippen LogP contribution in [0.25, 0.3) is 0 Å². The molecule has 2 rings (SSSR count). The van der Waals surface area contributed by atoms with Crippen molar-refractivity contribution in [1.82, 2.24) is 4.90 Å². The molecule has 1 aliphatic carbocycles. The minimum Gasteiger partial charge on any atom is -0.329 e. The molecular weight excluding hydrogens is 112 g/mol. The zero-order valence-corrected chi connectivity index (χ0v) is 5.71. The van der Waals surface area contributed by atoms with E-state index in [1.54, 1.807) is 0 Å². The zero-order chi connectivity index (χ0) is 6.27. The predicted octanol–water partition coefficient (Wildman–Crippen LogP) is -0.103. The van der Waals surface area contributed by atoms with Crippen LogP contribution in [-0.4, -0.2) is 31.1 Å². The van der Waals surface area contributed by atoms with E-state index in [-0.39, 0.29) is 0 Å². The summed E-state index contributed by atoms with van der Waals surface area (Å²) in [7, 11) is 0. The van der Waals surface area contributed by atoms with Gasteiger partial charge in [0.1, 0.15) is 0 Å². The molecule has 2 unspecified atom stereocenters. The lowest BCUT2D eigenvalue weighted by Crippen LogP contribution is -2.28. The summed E-state index contributed by atoms with van der Waals surface area (Å²) in [5.41, 5.74) is 5.43. The molecule has 0 aromatic heterocycles. The second-order valence-electron chi connectivity index (χ2n) is 3.30. The molecular formula is C7H14N2. The van der Waals surface area contributed by atoms with Gasteiger partial charge in [0.25, 0.3) is 0 Å². The lowest BCUT2D eigenvalue weighted by atomic mass is 10.4. The van der Waals surface area contributed by atoms with E-state index in [1.165, 1.54) is 19.5 Å². The first-order chi connectivity index (χ1) is 4.40. The molecule has 2 nitrogen and oxygen atoms in total. The molecule has 0 aromatic carbocycles. The summed E-state index contributed by atoms with van der Waals surface area (Å²) in [5.74, 6) is 2.13. The van der Waals surface area contributed by atoms with Crippen LogP contribution in [0.2, 0.25) is 0 Å². The van der Waals surface area contributed by atoms with Crippen LogP contribution >= 0.6 is 0 Å². The van der Waals surface area contributed by atoms with E-state index < -0.39 is 0 Å². The predicted molar refractivity (Wildman–Crippen MR) is 37.1 cm³/mol. The Labute approximate surface area is 56.0 Å². The van der Waals surface area contributed by atoms with E-state index in [4.69, 9.17) is 5.73 Å². The van der Waals surface area contributed by atoms with Crippen molar-refractivity contribution in [2.24, 2.45) is 17.6 Å². The van der Waals surface area contributed by atoms with Crippen molar-refractivity contribution in [2.45, 2.75) is 6.42 Å². The number of hydrogen-bond donors (Lipinski definition) is 1. The second-order valence-corrected chi connectivity index (χ2v) is 3.30. The van der Waals surface area contributed by atoms with Gasteiger partial charge in [0.2, 0.25) is 0 Å². The molecule has 1 saturated carbocycles. The average molecular weight is 126 g/mol. The Morgan fingerprint density at radius 3 is 2.56 bits per heavy atom. The molecule has 1 aliphatic heterocycles. The van der Waals surface area contributed by atoms with Crippen LogP contribution in [-0.2, 0) is 0 Å². The minimum absolute atomic E-state index is 0.833. The molecule has 0 spiro atoms. The lowest BCUT2D eigenvalue weighted by molar-refractivity contribution is 0.313. The topological polar surface area (TPSA) is 29.3 Å². The number of nitrogens with zero attached hydrogens (tertiary/aromatic N) is 1. The number of hydrogen-bond acceptors (Lipinski definition) is 2. The van der Waals surface area contributed by atoms with Crippen molar-refractivity contribution in [2.75, 3.05) is 26.2 Å². The largest absolute Gasteiger partial charge is 0.329 e. The van der Waals surface area contributed by atoms with Crippen molar-refractivity contribution in [3.05, 3.63) is 0 Å². The third-order valence-electron chi connectivity index (χ3n) is 2.50. The highest BCUT2D eigenvalue weighted by Gasteiger charge is 2.44. The Morgan fingerprint density at radius 1 is 1.33 bits per heavy atom. The number of piperidine rings is 1. The van der Waals surface area contributed by atoms with E-state index in [1.807, 2.05) is 0 Å². The fourth-order valence-electron chi connectivity index (χ4n) is 1.86. The van der Waals surface area contributed by atoms with Crippen LogP contribution in [0.5, 0.6) is 0 Å². The van der Waals surface area contributed by atoms with Crippen LogP contribution in [0.4, 0.5) is 0 Å². The Hall–Kier alpha value is -0.0800. The van der Waals surface area contributed by atoms with Crippen LogP contribution < -0.4 is 5.73 Å². The molecule has 2 aliphatic rings. The highest BCUT2D eigenvalue weighted by molar-refractivity contribution is 4.96. The van der Waals surface area contributed by atoms with E-state index in [0.717, 1.165) is 24.9 Å². The number of rotatable bonds is 2. The summed E-state index contributed by atoms with van der Waals surface area (Å²) in [5, 5.41) is 0. The van der Waals surface area contributed by atoms with E-state index in [9.17, 15) is 0 Å². The molecule has 9 heavy (non-hydrogen) atoms. The van der Waals surface area contributed by atoms with Gasteiger partial charge in [0, 0.05) is 26.2 Å². The molecule has 2 N–H and O–H groups in total. The van der Waals surface area contributed by atoms with Gasteiger partial charge < -0.3 is 10.6 Å². The van der Waals surface area contributed by atoms with Crippen LogP contribution in [0.15, 0.2) is 0 Å². The van der Waals surface area contributed by atoms with Gasteiger partial charge >= 0.3 is 0 Å². The van der Waals surface area contributed by atoms with Crippen molar-refractivity contribution >= 4 is 0 Å². The van der Waals surface area contributed by atoms with Crippen molar-refractivity contribution < 1.29 is 0 Å². The first-order valence-electron chi connectivity index (χ1n) is 3.82. The molecule has 0 aromatic rings. The van der Waals surface area contributed by atoms with E-state index in [0.29, 0.717) is 0 Å². The van der Waals surface area contributed by atoms with Gasteiger partial charge in [-0.2, -0.15) is 0 Å². The molecule has 2 heteroatoms. The quantitative estimate of drug-likeness (QED) is 0.559. The summed E-state index contributed by atoms with van der Waals surface area (Å²) in [6.45, 7) is 4.62. The van der Waals surface area contributed by atoms with E-state index in [2.05, 4.69) is 4.90 Å². The summed E-state index contributed by atoms with van der Waals surface area (Å²) >= 11 is 0. The molecule has 52 valence electrons. The number of fused-ring (bicyclic) bond motifs is 1. The first-order valence-corrected chi connectivity index (χ1v) is 3.82. The van der Waals surface area contributed by atoms with Crippen LogP contribution in [0.1, 0.15) is 6.42 Å². The summed E-state index contributed by atoms with van der Waals surface area (Å²) in [6.07, 6.45) is 1.50. The van der Waals surface area contributed by atoms with Crippen molar-refractivity contribution in [3.63, 3.8) is 0 Å². The van der Waals surface area contributed by atoms with Gasteiger partial charge in [-0.25, -0.2) is 0 Å². The van der Waals surface area contributed by atoms with Crippen LogP contribution in [0.3, 0.4) is 0 Å². The third-order valence-corrected chi connectivity index (χ3v) is 2.50. The molecule has 1 saturated heterocycles. The Kier molecular flexibility index (Phi) is 1.24. The normalized spacial score (nSPS) is 41.0. The number of nitrogens with two attached hydrogens (primary N) is 1. The molecule has 2 fully saturated rings. The van der Waals surface area contributed by atoms with Gasteiger partial charge in [0.05, 0.1) is 0 Å². The highest BCUT2D eigenvalue weighted by Crippen LogP contribution is 2.44. The fraction of sp³-hybridized carbons (Fsp3) is 1.00. The van der Waals surface area contributed by atoms with Crippen molar-refractivity contribution in [1.29, 1.82) is 0 Å². The fourth-order valence-corrected chi connectivity index (χ4v) is 1.86. The van der Waals surface area contributed by atoms with Crippen molar-refractivity contribution in [3.8, 4) is 0 Å². The van der Waals surface area contributed by atoms with Gasteiger partial charge in [-0.15, -0.1) is 0 Å². The molecule has 2 atom stereocenters. The zero-order valence-electron chi connectivity index (χ0n) is 5.71. The van der Waals surface area contributed by atoms with Gasteiger partial charge in [0.15, 0.2) is 0 Å². The summed E-state index contributed by atoms with van der Waals surface area (Å²) in [6, 6.07) is 0. The maximum atomic E-state index is 5.43. The molecule has 0 radical (unpaired) electrons. The maximum Gasteiger partial charge on any atom is 0.0105 e. The lowest BCUT2D eigenvalue weighted by Gasteiger charge is -2.14. The maximum absolute atomic E-state index is 5.43. The minimum atomic E-state index is 0.833. The molecule has 0 bridgehead atoms. The second kappa shape index (κ2) is 1.96. The Bertz CT molecular complexity index is 103. The van der Waals surface area contributed by atoms with Gasteiger partial charge in [-0.05, 0) is 18.3 Å². The van der Waals surface area contributed by atoms with Gasteiger partial charge in [-0.1, -0.05) is 0 Å². The van der Waals surface area contributed by atoms with Gasteiger partial charge in [-0.3, -0.25) is 0 Å². The summed E-state index contributed by atoms with van der Waals surface area (Å²) < 4.78 is 0. The molecule has 0 amide bonds. The first kappa shape index (κ1) is 5.69. The van der Waals surface area contributed by atoms with Crippen LogP contribution in [0, 0.1) is 11.8 Å². The highest BCUT2D eigenvalue weighted by atomic mass is 15.2. The smallest absolute Gasteiger partial charge is 0.0105 e. The average Bonchev–Trinajstić information content (AvgIpc) is 2.42. The third kappa shape index (κ3) is 0.970. The standard InChI is InChI=1S/C7H14N2/c8-1-2-9-4-6-3-7(6)5-9/h6-7H,1-5,8H2. The summed E-state index contributed by atoms with van der Waals surface area (Å²) in [4.78, 5) is 2.48.